The first kappa shape index (κ1) is 22.9. The highest BCUT2D eigenvalue weighted by atomic mass is 35.5. The number of nitrogens with one attached hydrogen (secondary N) is 2. The maximum Gasteiger partial charge on any atom is 0.257 e. The summed E-state index contributed by atoms with van der Waals surface area (Å²) in [6.07, 6.45) is 1.19. The quantitative estimate of drug-likeness (QED) is 0.334. The van der Waals surface area contributed by atoms with Crippen LogP contribution in [0.25, 0.3) is 0 Å². The molecule has 1 aliphatic heterocycles. The second kappa shape index (κ2) is 8.75. The Hall–Kier alpha value is -2.83. The van der Waals surface area contributed by atoms with Gasteiger partial charge in [0.2, 0.25) is 0 Å². The van der Waals surface area contributed by atoms with E-state index in [4.69, 9.17) is 16.6 Å². The summed E-state index contributed by atoms with van der Waals surface area (Å²) < 4.78 is 0. The first-order valence-electron chi connectivity index (χ1n) is 11.3. The van der Waals surface area contributed by atoms with Crippen molar-refractivity contribution in [2.75, 3.05) is 5.32 Å². The van der Waals surface area contributed by atoms with E-state index in [1.54, 1.807) is 0 Å². The van der Waals surface area contributed by atoms with Crippen LogP contribution in [-0.4, -0.2) is 15.8 Å². The number of H-pyrrole nitrogens is 1. The van der Waals surface area contributed by atoms with Crippen molar-refractivity contribution in [3.05, 3.63) is 97.4 Å². The molecule has 2 N–H and O–H groups in total. The van der Waals surface area contributed by atoms with E-state index in [0.29, 0.717) is 39.3 Å². The molecule has 0 saturated carbocycles. The molecule has 5 nitrogen and oxygen atoms in total. The van der Waals surface area contributed by atoms with Gasteiger partial charge in [-0.3, -0.25) is 9.59 Å². The zero-order chi connectivity index (χ0) is 24.0. The molecule has 0 fully saturated rings. The van der Waals surface area contributed by atoms with E-state index in [9.17, 15) is 9.59 Å². The number of fused-ring (bicyclic) bond motifs is 1. The van der Waals surface area contributed by atoms with E-state index in [1.165, 1.54) is 11.8 Å². The second-order valence-electron chi connectivity index (χ2n) is 9.82. The molecule has 0 radical (unpaired) electrons. The highest BCUT2D eigenvalue weighted by Gasteiger charge is 2.42. The number of rotatable bonds is 4. The van der Waals surface area contributed by atoms with E-state index in [-0.39, 0.29) is 16.8 Å². The summed E-state index contributed by atoms with van der Waals surface area (Å²) in [6, 6.07) is 15.7. The van der Waals surface area contributed by atoms with E-state index >= 15 is 0 Å². The fourth-order valence-electron chi connectivity index (χ4n) is 4.82. The molecule has 1 atom stereocenters. The van der Waals surface area contributed by atoms with Crippen LogP contribution >= 0.6 is 23.4 Å². The molecule has 0 bridgehead atoms. The van der Waals surface area contributed by atoms with Gasteiger partial charge in [0.25, 0.3) is 5.56 Å². The highest BCUT2D eigenvalue weighted by molar-refractivity contribution is 7.98. The number of halogens is 1. The van der Waals surface area contributed by atoms with Crippen LogP contribution < -0.4 is 10.9 Å². The van der Waals surface area contributed by atoms with Crippen LogP contribution in [-0.2, 0) is 10.5 Å². The number of ketones is 1. The lowest BCUT2D eigenvalue weighted by atomic mass is 9.69. The van der Waals surface area contributed by atoms with Crippen molar-refractivity contribution in [3.8, 4) is 0 Å². The summed E-state index contributed by atoms with van der Waals surface area (Å²) in [7, 11) is 0. The van der Waals surface area contributed by atoms with E-state index < -0.39 is 5.92 Å². The first-order valence-corrected chi connectivity index (χ1v) is 12.7. The smallest absolute Gasteiger partial charge is 0.257 e. The summed E-state index contributed by atoms with van der Waals surface area (Å²) in [5, 5.41) is 4.58. The second-order valence-corrected chi connectivity index (χ2v) is 11.2. The average molecular weight is 492 g/mol. The molecule has 174 valence electrons. The van der Waals surface area contributed by atoms with Crippen molar-refractivity contribution in [3.63, 3.8) is 0 Å². The van der Waals surface area contributed by atoms with Gasteiger partial charge in [0.05, 0.1) is 5.56 Å². The number of hydrogen-bond acceptors (Lipinski definition) is 5. The molecule has 2 aromatic carbocycles. The predicted molar refractivity (Wildman–Crippen MR) is 138 cm³/mol. The van der Waals surface area contributed by atoms with Gasteiger partial charge in [-0.05, 0) is 36.0 Å². The molecule has 5 rings (SSSR count). The van der Waals surface area contributed by atoms with Gasteiger partial charge in [-0.1, -0.05) is 85.2 Å². The van der Waals surface area contributed by atoms with Crippen LogP contribution in [0.1, 0.15) is 54.9 Å². The standard InChI is InChI=1S/C27H26ClN3O2S/c1-15-8-10-16(11-9-15)21-22-19(12-27(2,3)13-20(22)32)29-24-23(21)25(33)31-26(30-24)34-14-17-6-4-5-7-18(17)28/h4-11,21H,12-14H2,1-3H3,(H2,29,30,31,33)/t21-/m0/s1. The highest BCUT2D eigenvalue weighted by Crippen LogP contribution is 2.47. The lowest BCUT2D eigenvalue weighted by molar-refractivity contribution is -0.118. The number of Topliss-reactive ketones (excluding diaryl/α,β-unsaturated/α-hetero) is 1. The molecule has 0 saturated heterocycles. The molecule has 34 heavy (non-hydrogen) atoms. The number of aryl methyl sites for hydroxylation is 1. The number of hydrogen-bond donors (Lipinski definition) is 2. The van der Waals surface area contributed by atoms with Gasteiger partial charge in [0, 0.05) is 34.4 Å². The molecule has 0 spiro atoms. The Morgan fingerprint density at radius 3 is 2.56 bits per heavy atom. The first-order chi connectivity index (χ1) is 16.2. The van der Waals surface area contributed by atoms with Crippen molar-refractivity contribution >= 4 is 35.0 Å². The number of allylic oxidation sites excluding steroid dienone is 2. The minimum Gasteiger partial charge on any atom is -0.343 e. The SMILES string of the molecule is Cc1ccc([C@H]2C3=C(CC(C)(C)CC3=O)Nc3nc(SCc4ccccc4Cl)[nH]c(=O)c32)cc1. The molecule has 2 aliphatic rings. The average Bonchev–Trinajstić information content (AvgIpc) is 2.77. The molecular weight excluding hydrogens is 466 g/mol. The monoisotopic (exact) mass is 491 g/mol. The molecular formula is C27H26ClN3O2S. The largest absolute Gasteiger partial charge is 0.343 e. The van der Waals surface area contributed by atoms with Gasteiger partial charge in [-0.25, -0.2) is 4.98 Å². The van der Waals surface area contributed by atoms with Crippen LogP contribution in [0.15, 0.2) is 69.8 Å². The van der Waals surface area contributed by atoms with Crippen molar-refractivity contribution in [2.24, 2.45) is 5.41 Å². The van der Waals surface area contributed by atoms with Gasteiger partial charge >= 0.3 is 0 Å². The number of anilines is 1. The van der Waals surface area contributed by atoms with Crippen LogP contribution in [0.4, 0.5) is 5.82 Å². The van der Waals surface area contributed by atoms with Crippen molar-refractivity contribution in [1.82, 2.24) is 9.97 Å². The van der Waals surface area contributed by atoms with E-state index in [1.807, 2.05) is 55.5 Å². The number of nitrogens with zero attached hydrogens (tertiary/aromatic N) is 1. The fourth-order valence-corrected chi connectivity index (χ4v) is 5.96. The van der Waals surface area contributed by atoms with Gasteiger partial charge < -0.3 is 10.3 Å². The third-order valence-electron chi connectivity index (χ3n) is 6.43. The Morgan fingerprint density at radius 2 is 1.82 bits per heavy atom. The van der Waals surface area contributed by atoms with Crippen molar-refractivity contribution in [1.29, 1.82) is 0 Å². The molecule has 1 aliphatic carbocycles. The van der Waals surface area contributed by atoms with Crippen molar-refractivity contribution in [2.45, 2.75) is 50.4 Å². The topological polar surface area (TPSA) is 74.8 Å². The van der Waals surface area contributed by atoms with Gasteiger partial charge in [0.15, 0.2) is 10.9 Å². The molecule has 2 heterocycles. The van der Waals surface area contributed by atoms with Crippen molar-refractivity contribution < 1.29 is 4.79 Å². The molecule has 0 amide bonds. The summed E-state index contributed by atoms with van der Waals surface area (Å²) in [4.78, 5) is 34.5. The Bertz CT molecular complexity index is 1380. The number of aromatic amines is 1. The van der Waals surface area contributed by atoms with Gasteiger partial charge in [-0.15, -0.1) is 0 Å². The van der Waals surface area contributed by atoms with Crippen LogP contribution in [0, 0.1) is 12.3 Å². The number of benzene rings is 2. The minimum absolute atomic E-state index is 0.0894. The van der Waals surface area contributed by atoms with Crippen LogP contribution in [0.2, 0.25) is 5.02 Å². The Labute approximate surface area is 208 Å². The Kier molecular flexibility index (Phi) is 5.90. The third-order valence-corrected chi connectivity index (χ3v) is 7.72. The summed E-state index contributed by atoms with van der Waals surface area (Å²) >= 11 is 7.73. The molecule has 3 aromatic rings. The molecule has 7 heteroatoms. The van der Waals surface area contributed by atoms with Gasteiger partial charge in [-0.2, -0.15) is 0 Å². The number of carbonyl (C=O) groups excluding carboxylic acids is 1. The van der Waals surface area contributed by atoms with E-state index in [0.717, 1.165) is 28.8 Å². The lowest BCUT2D eigenvalue weighted by Gasteiger charge is -2.38. The zero-order valence-electron chi connectivity index (χ0n) is 19.4. The summed E-state index contributed by atoms with van der Waals surface area (Å²) in [5.74, 6) is 0.767. The molecule has 0 unspecified atom stereocenters. The van der Waals surface area contributed by atoms with Gasteiger partial charge in [0.1, 0.15) is 5.82 Å². The molecule has 1 aromatic heterocycles. The maximum absolute atomic E-state index is 13.4. The summed E-state index contributed by atoms with van der Waals surface area (Å²) in [6.45, 7) is 6.22. The Balaban J connectivity index is 1.59. The number of carbonyl (C=O) groups is 1. The lowest BCUT2D eigenvalue weighted by Crippen LogP contribution is -2.37. The zero-order valence-corrected chi connectivity index (χ0v) is 20.9. The maximum atomic E-state index is 13.4. The Morgan fingerprint density at radius 1 is 1.09 bits per heavy atom. The predicted octanol–water partition coefficient (Wildman–Crippen LogP) is 6.22. The fraction of sp³-hybridized carbons (Fsp3) is 0.296. The van der Waals surface area contributed by atoms with Crippen LogP contribution in [0.5, 0.6) is 0 Å². The normalized spacial score (nSPS) is 18.8. The summed E-state index contributed by atoms with van der Waals surface area (Å²) in [5.41, 5.74) is 4.72. The van der Waals surface area contributed by atoms with E-state index in [2.05, 4.69) is 24.1 Å². The third kappa shape index (κ3) is 4.32. The van der Waals surface area contributed by atoms with Crippen LogP contribution in [0.3, 0.4) is 0 Å². The number of aromatic nitrogens is 2. The minimum atomic E-state index is -0.436. The number of thioether (sulfide) groups is 1.